The maximum absolute atomic E-state index is 14.5. The van der Waals surface area contributed by atoms with E-state index in [1.807, 2.05) is 101 Å². The molecule has 0 aliphatic carbocycles. The Morgan fingerprint density at radius 3 is 1.93 bits per heavy atom. The number of carbonyl (C=O) groups is 2. The minimum atomic E-state index is -4.21. The van der Waals surface area contributed by atoms with Crippen molar-refractivity contribution in [2.45, 2.75) is 64.1 Å². The maximum Gasteiger partial charge on any atom is 0.264 e. The number of anilines is 1. The summed E-state index contributed by atoms with van der Waals surface area (Å²) in [4.78, 5) is 30.0. The Labute approximate surface area is 271 Å². The molecule has 0 aliphatic heterocycles. The lowest BCUT2D eigenvalue weighted by Gasteiger charge is -2.35. The van der Waals surface area contributed by atoms with E-state index in [-0.39, 0.29) is 23.8 Å². The van der Waals surface area contributed by atoms with E-state index >= 15 is 0 Å². The fourth-order valence-corrected chi connectivity index (χ4v) is 6.46. The second-order valence-corrected chi connectivity index (χ2v) is 14.5. The van der Waals surface area contributed by atoms with Crippen molar-refractivity contribution in [3.05, 3.63) is 130 Å². The van der Waals surface area contributed by atoms with E-state index < -0.39 is 34.1 Å². The van der Waals surface area contributed by atoms with Gasteiger partial charge in [-0.05, 0) is 93.3 Å². The van der Waals surface area contributed by atoms with Crippen LogP contribution in [-0.2, 0) is 32.6 Å². The second kappa shape index (κ2) is 14.3. The van der Waals surface area contributed by atoms with E-state index in [9.17, 15) is 18.0 Å². The number of nitrogens with one attached hydrogen (secondary N) is 1. The second-order valence-electron chi connectivity index (χ2n) is 12.2. The number of hydrogen-bond acceptors (Lipinski definition) is 4. The van der Waals surface area contributed by atoms with E-state index in [2.05, 4.69) is 5.32 Å². The highest BCUT2D eigenvalue weighted by Gasteiger charge is 2.35. The number of halogens is 1. The summed E-state index contributed by atoms with van der Waals surface area (Å²) in [7, 11) is -4.21. The van der Waals surface area contributed by atoms with E-state index in [1.165, 1.54) is 29.2 Å². The van der Waals surface area contributed by atoms with Crippen LogP contribution in [0.5, 0.6) is 0 Å². The number of nitrogens with zero attached hydrogens (tertiary/aromatic N) is 2. The molecule has 4 rings (SSSR count). The van der Waals surface area contributed by atoms with Crippen molar-refractivity contribution in [2.24, 2.45) is 0 Å². The number of benzene rings is 4. The van der Waals surface area contributed by atoms with E-state index in [4.69, 9.17) is 11.6 Å². The highest BCUT2D eigenvalue weighted by molar-refractivity contribution is 7.92. The smallest absolute Gasteiger partial charge is 0.264 e. The molecule has 7 nitrogen and oxygen atoms in total. The van der Waals surface area contributed by atoms with Crippen molar-refractivity contribution in [3.63, 3.8) is 0 Å². The Bertz CT molecular complexity index is 1720. The topological polar surface area (TPSA) is 86.8 Å². The quantitative estimate of drug-likeness (QED) is 0.197. The van der Waals surface area contributed by atoms with Crippen LogP contribution in [0.3, 0.4) is 0 Å². The summed E-state index contributed by atoms with van der Waals surface area (Å²) in [5.41, 5.74) is 3.34. The van der Waals surface area contributed by atoms with Gasteiger partial charge in [0.2, 0.25) is 11.8 Å². The average Bonchev–Trinajstić information content (AvgIpc) is 2.99. The summed E-state index contributed by atoms with van der Waals surface area (Å²) >= 11 is 6.07. The van der Waals surface area contributed by atoms with Crippen molar-refractivity contribution in [2.75, 3.05) is 10.8 Å². The van der Waals surface area contributed by atoms with Gasteiger partial charge in [-0.15, -0.1) is 0 Å². The molecule has 9 heteroatoms. The van der Waals surface area contributed by atoms with Crippen LogP contribution in [0.15, 0.2) is 108 Å². The largest absolute Gasteiger partial charge is 0.350 e. The molecule has 0 fully saturated rings. The lowest BCUT2D eigenvalue weighted by atomic mass is 10.0. The molecule has 1 N–H and O–H groups in total. The van der Waals surface area contributed by atoms with E-state index in [0.717, 1.165) is 26.6 Å². The van der Waals surface area contributed by atoms with Gasteiger partial charge in [-0.3, -0.25) is 13.9 Å². The number of aryl methyl sites for hydroxylation is 2. The minimum absolute atomic E-state index is 0.00107. The van der Waals surface area contributed by atoms with Crippen molar-refractivity contribution >= 4 is 39.1 Å². The molecular formula is C36H40ClN3O4S. The summed E-state index contributed by atoms with van der Waals surface area (Å²) in [6.45, 7) is 9.06. The van der Waals surface area contributed by atoms with E-state index in [0.29, 0.717) is 10.7 Å². The van der Waals surface area contributed by atoms with E-state index in [1.54, 1.807) is 12.1 Å². The Kier molecular flexibility index (Phi) is 10.7. The molecule has 45 heavy (non-hydrogen) atoms. The molecule has 0 aliphatic rings. The van der Waals surface area contributed by atoms with Gasteiger partial charge in [0.15, 0.2) is 0 Å². The summed E-state index contributed by atoms with van der Waals surface area (Å²) in [5, 5.41) is 3.44. The summed E-state index contributed by atoms with van der Waals surface area (Å²) in [6, 6.07) is 29.1. The molecule has 0 saturated heterocycles. The predicted molar refractivity (Wildman–Crippen MR) is 181 cm³/mol. The molecule has 0 heterocycles. The maximum atomic E-state index is 14.5. The van der Waals surface area contributed by atoms with Gasteiger partial charge in [0.1, 0.15) is 12.6 Å². The Hall–Kier alpha value is -4.14. The number of rotatable bonds is 11. The molecule has 0 spiro atoms. The van der Waals surface area contributed by atoms with Crippen LogP contribution in [-0.4, -0.2) is 43.3 Å². The molecule has 0 radical (unpaired) electrons. The van der Waals surface area contributed by atoms with Gasteiger partial charge < -0.3 is 10.2 Å². The minimum Gasteiger partial charge on any atom is -0.350 e. The van der Waals surface area contributed by atoms with Gasteiger partial charge in [-0.2, -0.15) is 0 Å². The van der Waals surface area contributed by atoms with Crippen molar-refractivity contribution in [1.82, 2.24) is 10.2 Å². The zero-order valence-corrected chi connectivity index (χ0v) is 27.9. The lowest BCUT2D eigenvalue weighted by Crippen LogP contribution is -2.56. The van der Waals surface area contributed by atoms with Crippen molar-refractivity contribution in [1.29, 1.82) is 0 Å². The van der Waals surface area contributed by atoms with Crippen LogP contribution in [0.25, 0.3) is 0 Å². The van der Waals surface area contributed by atoms with Crippen LogP contribution in [0.4, 0.5) is 5.69 Å². The molecule has 0 unspecified atom stereocenters. The third-order valence-corrected chi connectivity index (χ3v) is 9.46. The van der Waals surface area contributed by atoms with Gasteiger partial charge in [-0.25, -0.2) is 8.42 Å². The highest BCUT2D eigenvalue weighted by atomic mass is 35.5. The Morgan fingerprint density at radius 2 is 1.38 bits per heavy atom. The predicted octanol–water partition coefficient (Wildman–Crippen LogP) is 6.71. The molecule has 0 bridgehead atoms. The first-order valence-electron chi connectivity index (χ1n) is 14.8. The summed E-state index contributed by atoms with van der Waals surface area (Å²) < 4.78 is 29.5. The summed E-state index contributed by atoms with van der Waals surface area (Å²) in [6.07, 6.45) is 0.245. The third kappa shape index (κ3) is 8.96. The third-order valence-electron chi connectivity index (χ3n) is 7.42. The molecular weight excluding hydrogens is 606 g/mol. The lowest BCUT2D eigenvalue weighted by molar-refractivity contribution is -0.140. The SMILES string of the molecule is Cc1ccc(N(CC(=O)N(Cc2ccccc2)[C@@H](Cc2ccccc2)C(=O)NC(C)(C)C)S(=O)(=O)c2ccc(Cl)cc2)cc1C. The van der Waals surface area contributed by atoms with Crippen LogP contribution < -0.4 is 9.62 Å². The van der Waals surface area contributed by atoms with Crippen LogP contribution in [0.1, 0.15) is 43.0 Å². The van der Waals surface area contributed by atoms with Crippen molar-refractivity contribution in [3.8, 4) is 0 Å². The van der Waals surface area contributed by atoms with Crippen molar-refractivity contribution < 1.29 is 18.0 Å². The molecule has 2 amide bonds. The first-order valence-corrected chi connectivity index (χ1v) is 16.6. The Morgan fingerprint density at radius 1 is 0.800 bits per heavy atom. The standard InChI is InChI=1S/C36H40ClN3O4S/c1-26-16-19-31(22-27(26)2)40(45(43,44)32-20-17-30(37)18-21-32)25-34(41)39(24-29-14-10-7-11-15-29)33(35(42)38-36(3,4)5)23-28-12-8-6-9-13-28/h6-22,33H,23-25H2,1-5H3,(H,38,42)/t33-/m0/s1. The molecule has 4 aromatic carbocycles. The number of amides is 2. The first kappa shape index (κ1) is 33.7. The van der Waals surface area contributed by atoms with Gasteiger partial charge in [0.05, 0.1) is 10.6 Å². The van der Waals surface area contributed by atoms with Gasteiger partial charge in [0.25, 0.3) is 10.0 Å². The first-order chi connectivity index (χ1) is 21.2. The van der Waals surface area contributed by atoms with Gasteiger partial charge in [-0.1, -0.05) is 78.3 Å². The molecule has 1 atom stereocenters. The van der Waals surface area contributed by atoms with Crippen LogP contribution in [0, 0.1) is 13.8 Å². The van der Waals surface area contributed by atoms with Crippen LogP contribution >= 0.6 is 11.6 Å². The number of hydrogen-bond donors (Lipinski definition) is 1. The average molecular weight is 646 g/mol. The zero-order chi connectivity index (χ0) is 32.8. The number of sulfonamides is 1. The molecule has 4 aromatic rings. The summed E-state index contributed by atoms with van der Waals surface area (Å²) in [5.74, 6) is -0.839. The fourth-order valence-electron chi connectivity index (χ4n) is 4.93. The van der Waals surface area contributed by atoms with Crippen LogP contribution in [0.2, 0.25) is 5.02 Å². The number of carbonyl (C=O) groups excluding carboxylic acids is 2. The highest BCUT2D eigenvalue weighted by Crippen LogP contribution is 2.28. The monoisotopic (exact) mass is 645 g/mol. The van der Waals surface area contributed by atoms with Gasteiger partial charge >= 0.3 is 0 Å². The normalized spacial score (nSPS) is 12.3. The molecule has 0 aromatic heterocycles. The molecule has 236 valence electrons. The van der Waals surface area contributed by atoms with Gasteiger partial charge in [0, 0.05) is 23.5 Å². The Balaban J connectivity index is 1.82. The zero-order valence-electron chi connectivity index (χ0n) is 26.3. The fraction of sp³-hybridized carbons (Fsp3) is 0.278. The molecule has 0 saturated carbocycles.